The van der Waals surface area contributed by atoms with Crippen molar-refractivity contribution in [3.63, 3.8) is 0 Å². The summed E-state index contributed by atoms with van der Waals surface area (Å²) < 4.78 is 29.5. The minimum Gasteiger partial charge on any atom is -0.285 e. The summed E-state index contributed by atoms with van der Waals surface area (Å²) in [5, 5.41) is 1.78. The fourth-order valence-corrected chi connectivity index (χ4v) is 2.28. The fourth-order valence-electron chi connectivity index (χ4n) is 0.748. The third-order valence-corrected chi connectivity index (χ3v) is 4.59. The topological polar surface area (TPSA) is 54.4 Å². The van der Waals surface area contributed by atoms with Crippen LogP contribution in [0.4, 0.5) is 0 Å². The highest BCUT2D eigenvalue weighted by Crippen LogP contribution is 2.31. The van der Waals surface area contributed by atoms with E-state index < -0.39 is 14.9 Å². The molecule has 0 radical (unpaired) electrons. The van der Waals surface area contributed by atoms with E-state index in [0.29, 0.717) is 4.88 Å². The van der Waals surface area contributed by atoms with Crippen molar-refractivity contribution in [2.24, 2.45) is 0 Å². The standard InChI is InChI=1S/C7H10O3S2/c1-7(2,12(8,9)10)6-4-3-5-11-6/h3-5H,1-2H3,(H,8,9,10). The molecule has 0 aromatic carbocycles. The van der Waals surface area contributed by atoms with Gasteiger partial charge in [0.1, 0.15) is 4.75 Å². The van der Waals surface area contributed by atoms with Gasteiger partial charge in [-0.3, -0.25) is 4.55 Å². The van der Waals surface area contributed by atoms with Crippen LogP contribution in [0.15, 0.2) is 17.5 Å². The monoisotopic (exact) mass is 206 g/mol. The Morgan fingerprint density at radius 2 is 2.08 bits per heavy atom. The smallest absolute Gasteiger partial charge is 0.275 e. The molecule has 0 aliphatic rings. The van der Waals surface area contributed by atoms with E-state index in [1.807, 2.05) is 0 Å². The van der Waals surface area contributed by atoms with Gasteiger partial charge in [0.15, 0.2) is 0 Å². The van der Waals surface area contributed by atoms with Gasteiger partial charge in [-0.1, -0.05) is 6.07 Å². The highest BCUT2D eigenvalue weighted by molar-refractivity contribution is 7.86. The lowest BCUT2D eigenvalue weighted by Gasteiger charge is -2.18. The maximum atomic E-state index is 10.9. The minimum atomic E-state index is -4.01. The normalized spacial score (nSPS) is 13.2. The number of hydrogen-bond donors (Lipinski definition) is 1. The van der Waals surface area contributed by atoms with E-state index >= 15 is 0 Å². The molecule has 0 amide bonds. The van der Waals surface area contributed by atoms with Gasteiger partial charge >= 0.3 is 0 Å². The predicted molar refractivity (Wildman–Crippen MR) is 48.9 cm³/mol. The molecule has 1 N–H and O–H groups in total. The van der Waals surface area contributed by atoms with Crippen molar-refractivity contribution in [3.8, 4) is 0 Å². The molecule has 1 heterocycles. The second-order valence-corrected chi connectivity index (χ2v) is 5.88. The molecule has 0 fully saturated rings. The van der Waals surface area contributed by atoms with Gasteiger partial charge < -0.3 is 0 Å². The van der Waals surface area contributed by atoms with Gasteiger partial charge in [0.2, 0.25) is 0 Å². The van der Waals surface area contributed by atoms with Gasteiger partial charge in [0.25, 0.3) is 10.1 Å². The fraction of sp³-hybridized carbons (Fsp3) is 0.429. The highest BCUT2D eigenvalue weighted by atomic mass is 32.2. The minimum absolute atomic E-state index is 0.644. The van der Waals surface area contributed by atoms with Gasteiger partial charge in [-0.05, 0) is 25.3 Å². The SMILES string of the molecule is CC(C)(c1cccs1)S(=O)(=O)O. The molecule has 12 heavy (non-hydrogen) atoms. The van der Waals surface area contributed by atoms with Crippen molar-refractivity contribution < 1.29 is 13.0 Å². The molecule has 0 spiro atoms. The third kappa shape index (κ3) is 1.53. The van der Waals surface area contributed by atoms with E-state index in [4.69, 9.17) is 4.55 Å². The first kappa shape index (κ1) is 9.70. The Balaban J connectivity index is 3.20. The van der Waals surface area contributed by atoms with Crippen LogP contribution >= 0.6 is 11.3 Å². The molecule has 0 bridgehead atoms. The Morgan fingerprint density at radius 3 is 2.42 bits per heavy atom. The lowest BCUT2D eigenvalue weighted by Crippen LogP contribution is -2.27. The summed E-state index contributed by atoms with van der Waals surface area (Å²) in [6.45, 7) is 2.96. The van der Waals surface area contributed by atoms with Crippen LogP contribution < -0.4 is 0 Å². The predicted octanol–water partition coefficient (Wildman–Crippen LogP) is 1.87. The summed E-state index contributed by atoms with van der Waals surface area (Å²) in [5.41, 5.74) is 0. The number of hydrogen-bond acceptors (Lipinski definition) is 3. The molecule has 0 aliphatic carbocycles. The average Bonchev–Trinajstić information content (AvgIpc) is 2.34. The molecule has 0 aliphatic heterocycles. The zero-order valence-corrected chi connectivity index (χ0v) is 8.45. The largest absolute Gasteiger partial charge is 0.285 e. The van der Waals surface area contributed by atoms with Crippen molar-refractivity contribution in [2.45, 2.75) is 18.6 Å². The Labute approximate surface area is 75.8 Å². The van der Waals surface area contributed by atoms with Gasteiger partial charge in [-0.25, -0.2) is 0 Å². The van der Waals surface area contributed by atoms with E-state index in [1.165, 1.54) is 25.2 Å². The van der Waals surface area contributed by atoms with Crippen LogP contribution in [0.5, 0.6) is 0 Å². The molecular weight excluding hydrogens is 196 g/mol. The Hall–Kier alpha value is -0.390. The van der Waals surface area contributed by atoms with Crippen LogP contribution in [0.2, 0.25) is 0 Å². The first-order valence-electron chi connectivity index (χ1n) is 3.37. The lowest BCUT2D eigenvalue weighted by molar-refractivity contribution is 0.447. The van der Waals surface area contributed by atoms with E-state index in [2.05, 4.69) is 0 Å². The van der Waals surface area contributed by atoms with Crippen LogP contribution in [0, 0.1) is 0 Å². The quantitative estimate of drug-likeness (QED) is 0.751. The van der Waals surface area contributed by atoms with Gasteiger partial charge in [0.05, 0.1) is 0 Å². The van der Waals surface area contributed by atoms with E-state index in [1.54, 1.807) is 17.5 Å². The van der Waals surface area contributed by atoms with Gasteiger partial charge in [-0.2, -0.15) is 8.42 Å². The molecule has 0 saturated heterocycles. The second kappa shape index (κ2) is 2.83. The summed E-state index contributed by atoms with van der Waals surface area (Å²) in [4.78, 5) is 0.644. The zero-order chi connectivity index (χ0) is 9.41. The summed E-state index contributed by atoms with van der Waals surface area (Å²) in [6, 6.07) is 3.45. The van der Waals surface area contributed by atoms with Crippen LogP contribution in [0.1, 0.15) is 18.7 Å². The average molecular weight is 206 g/mol. The van der Waals surface area contributed by atoms with Crippen LogP contribution in [0.25, 0.3) is 0 Å². The Kier molecular flexibility index (Phi) is 2.29. The van der Waals surface area contributed by atoms with Crippen LogP contribution in [-0.2, 0) is 14.9 Å². The molecule has 1 rings (SSSR count). The van der Waals surface area contributed by atoms with E-state index in [0.717, 1.165) is 0 Å². The molecule has 0 saturated carbocycles. The Bertz CT molecular complexity index is 348. The van der Waals surface area contributed by atoms with Gasteiger partial charge in [-0.15, -0.1) is 11.3 Å². The molecule has 5 heteroatoms. The number of rotatable bonds is 2. The summed E-state index contributed by atoms with van der Waals surface area (Å²) in [7, 11) is -4.01. The van der Waals surface area contributed by atoms with Crippen LogP contribution in [0.3, 0.4) is 0 Å². The summed E-state index contributed by atoms with van der Waals surface area (Å²) in [6.07, 6.45) is 0. The van der Waals surface area contributed by atoms with Crippen molar-refractivity contribution in [2.75, 3.05) is 0 Å². The van der Waals surface area contributed by atoms with E-state index in [9.17, 15) is 8.42 Å². The first-order valence-corrected chi connectivity index (χ1v) is 5.68. The molecule has 1 aromatic rings. The first-order chi connectivity index (χ1) is 5.36. The third-order valence-electron chi connectivity index (χ3n) is 1.76. The van der Waals surface area contributed by atoms with E-state index in [-0.39, 0.29) is 0 Å². The molecule has 0 unspecified atom stereocenters. The second-order valence-electron chi connectivity index (χ2n) is 2.96. The molecule has 68 valence electrons. The molecular formula is C7H10O3S2. The highest BCUT2D eigenvalue weighted by Gasteiger charge is 2.35. The Morgan fingerprint density at radius 1 is 1.50 bits per heavy atom. The molecule has 0 atom stereocenters. The maximum Gasteiger partial charge on any atom is 0.275 e. The van der Waals surface area contributed by atoms with Crippen molar-refractivity contribution in [1.29, 1.82) is 0 Å². The van der Waals surface area contributed by atoms with Crippen molar-refractivity contribution in [3.05, 3.63) is 22.4 Å². The van der Waals surface area contributed by atoms with Crippen LogP contribution in [-0.4, -0.2) is 13.0 Å². The molecule has 3 nitrogen and oxygen atoms in total. The lowest BCUT2D eigenvalue weighted by atomic mass is 10.2. The summed E-state index contributed by atoms with van der Waals surface area (Å²) >= 11 is 1.32. The maximum absolute atomic E-state index is 10.9. The van der Waals surface area contributed by atoms with Crippen molar-refractivity contribution >= 4 is 21.5 Å². The zero-order valence-electron chi connectivity index (χ0n) is 6.81. The summed E-state index contributed by atoms with van der Waals surface area (Å²) in [5.74, 6) is 0. The van der Waals surface area contributed by atoms with Crippen molar-refractivity contribution in [1.82, 2.24) is 0 Å². The number of thiophene rings is 1. The molecule has 1 aromatic heterocycles. The van der Waals surface area contributed by atoms with Gasteiger partial charge in [0, 0.05) is 4.88 Å².